The highest BCUT2D eigenvalue weighted by atomic mass is 16.2. The Hall–Kier alpha value is -3.22. The zero-order chi connectivity index (χ0) is 20.5. The number of aromatic nitrogens is 4. The Morgan fingerprint density at radius 3 is 2.66 bits per heavy atom. The normalized spacial score (nSPS) is 14.3. The van der Waals surface area contributed by atoms with Gasteiger partial charge < -0.3 is 9.47 Å². The molecular weight excluding hydrogens is 366 g/mol. The Labute approximate surface area is 169 Å². The molecule has 150 valence electrons. The van der Waals surface area contributed by atoms with Crippen molar-refractivity contribution in [1.82, 2.24) is 24.2 Å². The van der Waals surface area contributed by atoms with Gasteiger partial charge in [0.05, 0.1) is 16.6 Å². The fourth-order valence-electron chi connectivity index (χ4n) is 3.99. The zero-order valence-corrected chi connectivity index (χ0v) is 17.1. The van der Waals surface area contributed by atoms with Crippen LogP contribution in [0.3, 0.4) is 0 Å². The van der Waals surface area contributed by atoms with E-state index in [1.807, 2.05) is 59.2 Å². The maximum absolute atomic E-state index is 12.7. The molecule has 1 amide bonds. The van der Waals surface area contributed by atoms with Gasteiger partial charge in [-0.2, -0.15) is 10.1 Å². The molecule has 0 radical (unpaired) electrons. The first-order valence-corrected chi connectivity index (χ1v) is 9.90. The summed E-state index contributed by atoms with van der Waals surface area (Å²) in [6.07, 6.45) is 3.23. The minimum Gasteiger partial charge on any atom is -0.338 e. The molecule has 1 aromatic carbocycles. The second-order valence-electron chi connectivity index (χ2n) is 7.50. The molecule has 0 unspecified atom stereocenters. The zero-order valence-electron chi connectivity index (χ0n) is 17.1. The highest BCUT2D eigenvalue weighted by Gasteiger charge is 2.20. The van der Waals surface area contributed by atoms with E-state index in [2.05, 4.69) is 16.2 Å². The third-order valence-corrected chi connectivity index (χ3v) is 5.43. The van der Waals surface area contributed by atoms with Crippen molar-refractivity contribution in [3.05, 3.63) is 64.0 Å². The number of benzene rings is 1. The Bertz CT molecular complexity index is 1170. The van der Waals surface area contributed by atoms with Crippen LogP contribution in [0.5, 0.6) is 0 Å². The van der Waals surface area contributed by atoms with Crippen molar-refractivity contribution in [2.45, 2.75) is 40.2 Å². The molecule has 0 atom stereocenters. The van der Waals surface area contributed by atoms with Gasteiger partial charge in [-0.3, -0.25) is 14.3 Å². The summed E-state index contributed by atoms with van der Waals surface area (Å²) in [6.45, 7) is 7.62. The van der Waals surface area contributed by atoms with E-state index < -0.39 is 0 Å². The number of hydrogen-bond acceptors (Lipinski definition) is 4. The van der Waals surface area contributed by atoms with Crippen molar-refractivity contribution in [3.63, 3.8) is 0 Å². The van der Waals surface area contributed by atoms with Crippen LogP contribution in [0.4, 0.5) is 0 Å². The van der Waals surface area contributed by atoms with Gasteiger partial charge in [-0.15, -0.1) is 0 Å². The molecule has 4 rings (SSSR count). The third-order valence-electron chi connectivity index (χ3n) is 5.43. The van der Waals surface area contributed by atoms with Crippen LogP contribution in [0, 0.1) is 20.8 Å². The first-order valence-electron chi connectivity index (χ1n) is 9.90. The van der Waals surface area contributed by atoms with Gasteiger partial charge in [-0.1, -0.05) is 12.1 Å². The molecule has 2 aromatic heterocycles. The van der Waals surface area contributed by atoms with Gasteiger partial charge in [0, 0.05) is 43.9 Å². The Morgan fingerprint density at radius 2 is 1.97 bits per heavy atom. The van der Waals surface area contributed by atoms with E-state index in [1.54, 1.807) is 6.07 Å². The second kappa shape index (κ2) is 7.66. The molecule has 3 aromatic rings. The summed E-state index contributed by atoms with van der Waals surface area (Å²) < 4.78 is 3.92. The smallest absolute Gasteiger partial charge is 0.280 e. The number of aryl methyl sites for hydroxylation is 4. The fourth-order valence-corrected chi connectivity index (χ4v) is 3.99. The van der Waals surface area contributed by atoms with Crippen LogP contribution < -0.4 is 5.56 Å². The van der Waals surface area contributed by atoms with Crippen molar-refractivity contribution < 1.29 is 4.79 Å². The molecule has 7 nitrogen and oxygen atoms in total. The Morgan fingerprint density at radius 1 is 1.17 bits per heavy atom. The molecule has 0 fully saturated rings. The van der Waals surface area contributed by atoms with Gasteiger partial charge >= 0.3 is 0 Å². The van der Waals surface area contributed by atoms with Gasteiger partial charge in [-0.25, -0.2) is 0 Å². The number of amides is 1. The van der Waals surface area contributed by atoms with Crippen LogP contribution >= 0.6 is 0 Å². The monoisotopic (exact) mass is 391 g/mol. The van der Waals surface area contributed by atoms with Gasteiger partial charge in [0.1, 0.15) is 5.82 Å². The van der Waals surface area contributed by atoms with Crippen LogP contribution in [0.2, 0.25) is 0 Å². The maximum atomic E-state index is 12.7. The minimum absolute atomic E-state index is 0.132. The van der Waals surface area contributed by atoms with E-state index in [1.165, 1.54) is 0 Å². The van der Waals surface area contributed by atoms with Crippen LogP contribution in [0.15, 0.2) is 41.2 Å². The predicted molar refractivity (Wildman–Crippen MR) is 113 cm³/mol. The largest absolute Gasteiger partial charge is 0.338 e. The number of rotatable bonds is 4. The summed E-state index contributed by atoms with van der Waals surface area (Å²) in [5.41, 5.74) is 3.78. The SMILES string of the molecule is Cc1cc(C)n(CCC(=O)N2CC=C(n3c(C)nc(=O)c4ccccc43)CC2)n1. The number of fused-ring (bicyclic) bond motifs is 1. The molecule has 29 heavy (non-hydrogen) atoms. The van der Waals surface area contributed by atoms with E-state index in [0.717, 1.165) is 29.0 Å². The standard InChI is InChI=1S/C22H25N5O2/c1-15-14-16(2)26(24-15)13-10-21(28)25-11-8-18(9-12-25)27-17(3)23-22(29)19-6-4-5-7-20(19)27/h4-8,14H,9-13H2,1-3H3. The highest BCUT2D eigenvalue weighted by Crippen LogP contribution is 2.22. The lowest BCUT2D eigenvalue weighted by Crippen LogP contribution is -2.36. The van der Waals surface area contributed by atoms with Gasteiger partial charge in [0.25, 0.3) is 5.56 Å². The second-order valence-corrected chi connectivity index (χ2v) is 7.50. The molecular formula is C22H25N5O2. The Kier molecular flexibility index (Phi) is 5.05. The van der Waals surface area contributed by atoms with E-state index in [-0.39, 0.29) is 11.5 Å². The first kappa shape index (κ1) is 19.1. The number of para-hydroxylation sites is 1. The van der Waals surface area contributed by atoms with Gasteiger partial charge in [0.15, 0.2) is 0 Å². The maximum Gasteiger partial charge on any atom is 0.280 e. The molecule has 1 aliphatic heterocycles. The lowest BCUT2D eigenvalue weighted by molar-refractivity contribution is -0.131. The molecule has 0 saturated heterocycles. The van der Waals surface area contributed by atoms with Crippen molar-refractivity contribution in [2.75, 3.05) is 13.1 Å². The fraction of sp³-hybridized carbons (Fsp3) is 0.364. The number of carbonyl (C=O) groups is 1. The van der Waals surface area contributed by atoms with E-state index in [0.29, 0.717) is 37.3 Å². The van der Waals surface area contributed by atoms with Gasteiger partial charge in [-0.05, 0) is 45.0 Å². The lowest BCUT2D eigenvalue weighted by Gasteiger charge is -2.28. The molecule has 0 spiro atoms. The molecule has 7 heteroatoms. The molecule has 0 bridgehead atoms. The third kappa shape index (κ3) is 3.72. The van der Waals surface area contributed by atoms with Gasteiger partial charge in [0.2, 0.25) is 5.91 Å². The van der Waals surface area contributed by atoms with Crippen LogP contribution in [0.25, 0.3) is 16.6 Å². The summed E-state index contributed by atoms with van der Waals surface area (Å²) in [5, 5.41) is 5.04. The van der Waals surface area contributed by atoms with Crippen LogP contribution in [-0.2, 0) is 11.3 Å². The summed E-state index contributed by atoms with van der Waals surface area (Å²) in [6, 6.07) is 9.54. The topological polar surface area (TPSA) is 73.0 Å². The average Bonchev–Trinajstić information content (AvgIpc) is 3.03. The average molecular weight is 391 g/mol. The highest BCUT2D eigenvalue weighted by molar-refractivity contribution is 5.82. The van der Waals surface area contributed by atoms with E-state index >= 15 is 0 Å². The number of hydrogen-bond donors (Lipinski definition) is 0. The number of nitrogens with zero attached hydrogens (tertiary/aromatic N) is 5. The molecule has 0 N–H and O–H groups in total. The van der Waals surface area contributed by atoms with Crippen molar-refractivity contribution >= 4 is 22.5 Å². The summed E-state index contributed by atoms with van der Waals surface area (Å²) in [7, 11) is 0. The molecule has 0 aliphatic carbocycles. The van der Waals surface area contributed by atoms with Crippen molar-refractivity contribution in [2.24, 2.45) is 0 Å². The van der Waals surface area contributed by atoms with E-state index in [4.69, 9.17) is 0 Å². The van der Waals surface area contributed by atoms with Crippen LogP contribution in [0.1, 0.15) is 30.1 Å². The molecule has 0 saturated carbocycles. The summed E-state index contributed by atoms with van der Waals surface area (Å²) in [4.78, 5) is 30.9. The summed E-state index contributed by atoms with van der Waals surface area (Å²) in [5.74, 6) is 0.803. The van der Waals surface area contributed by atoms with E-state index in [9.17, 15) is 9.59 Å². The molecule has 1 aliphatic rings. The lowest BCUT2D eigenvalue weighted by atomic mass is 10.1. The Balaban J connectivity index is 1.50. The van der Waals surface area contributed by atoms with Crippen molar-refractivity contribution in [3.8, 4) is 0 Å². The minimum atomic E-state index is -0.202. The van der Waals surface area contributed by atoms with Crippen LogP contribution in [-0.4, -0.2) is 43.2 Å². The quantitative estimate of drug-likeness (QED) is 0.685. The number of carbonyl (C=O) groups excluding carboxylic acids is 1. The predicted octanol–water partition coefficient (Wildman–Crippen LogP) is 2.68. The van der Waals surface area contributed by atoms with Crippen molar-refractivity contribution in [1.29, 1.82) is 0 Å². The first-order chi connectivity index (χ1) is 13.9. The summed E-state index contributed by atoms with van der Waals surface area (Å²) >= 11 is 0. The molecule has 3 heterocycles.